The van der Waals surface area contributed by atoms with Gasteiger partial charge in [-0.05, 0) is 37.8 Å². The van der Waals surface area contributed by atoms with E-state index in [2.05, 4.69) is 20.4 Å². The van der Waals surface area contributed by atoms with E-state index < -0.39 is 5.91 Å². The molecule has 0 radical (unpaired) electrons. The summed E-state index contributed by atoms with van der Waals surface area (Å²) in [5, 5.41) is 6.97. The highest BCUT2D eigenvalue weighted by atomic mass is 16.2. The highest BCUT2D eigenvalue weighted by Crippen LogP contribution is 2.20. The summed E-state index contributed by atoms with van der Waals surface area (Å²) in [7, 11) is 1.78. The van der Waals surface area contributed by atoms with Gasteiger partial charge in [0.1, 0.15) is 17.7 Å². The van der Waals surface area contributed by atoms with Crippen LogP contribution in [0.15, 0.2) is 11.1 Å². The summed E-state index contributed by atoms with van der Waals surface area (Å²) < 4.78 is 1.63. The van der Waals surface area contributed by atoms with Crippen LogP contribution in [-0.4, -0.2) is 25.7 Å². The molecule has 0 fully saturated rings. The number of rotatable bonds is 4. The minimum Gasteiger partial charge on any atom is -0.342 e. The van der Waals surface area contributed by atoms with Gasteiger partial charge in [0.25, 0.3) is 11.5 Å². The van der Waals surface area contributed by atoms with Crippen molar-refractivity contribution in [1.29, 1.82) is 0 Å². The zero-order valence-corrected chi connectivity index (χ0v) is 14.4. The number of aryl methyl sites for hydroxylation is 2. The molecule has 2 N–H and O–H groups in total. The van der Waals surface area contributed by atoms with Crippen LogP contribution in [-0.2, 0) is 7.05 Å². The van der Waals surface area contributed by atoms with Crippen molar-refractivity contribution in [1.82, 2.24) is 25.1 Å². The van der Waals surface area contributed by atoms with Gasteiger partial charge in [0.15, 0.2) is 0 Å². The average molecular weight is 317 g/mol. The van der Waals surface area contributed by atoms with Crippen LogP contribution >= 0.6 is 0 Å². The van der Waals surface area contributed by atoms with Crippen molar-refractivity contribution in [3.63, 3.8) is 0 Å². The Morgan fingerprint density at radius 3 is 2.43 bits per heavy atom. The topological polar surface area (TPSA) is 92.7 Å². The van der Waals surface area contributed by atoms with E-state index in [0.717, 1.165) is 11.3 Å². The first-order chi connectivity index (χ1) is 10.7. The zero-order chi connectivity index (χ0) is 17.3. The van der Waals surface area contributed by atoms with E-state index in [-0.39, 0.29) is 23.1 Å². The Morgan fingerprint density at radius 1 is 1.26 bits per heavy atom. The molecule has 2 heterocycles. The molecule has 0 saturated carbocycles. The van der Waals surface area contributed by atoms with Crippen molar-refractivity contribution in [3.8, 4) is 0 Å². The zero-order valence-electron chi connectivity index (χ0n) is 14.4. The third kappa shape index (κ3) is 3.18. The summed E-state index contributed by atoms with van der Waals surface area (Å²) >= 11 is 0. The first-order valence-corrected chi connectivity index (χ1v) is 7.58. The van der Waals surface area contributed by atoms with Crippen LogP contribution in [0.4, 0.5) is 0 Å². The highest BCUT2D eigenvalue weighted by Gasteiger charge is 2.25. The Bertz CT molecular complexity index is 788. The molecule has 1 amide bonds. The minimum absolute atomic E-state index is 0.104. The summed E-state index contributed by atoms with van der Waals surface area (Å²) in [6.45, 7) is 9.47. The van der Waals surface area contributed by atoms with Crippen LogP contribution in [0.5, 0.6) is 0 Å². The number of amides is 1. The maximum atomic E-state index is 12.7. The molecule has 0 spiro atoms. The lowest BCUT2D eigenvalue weighted by Gasteiger charge is -2.22. The number of hydrogen-bond donors (Lipinski definition) is 2. The van der Waals surface area contributed by atoms with Crippen LogP contribution in [0.3, 0.4) is 0 Å². The van der Waals surface area contributed by atoms with Gasteiger partial charge < -0.3 is 10.3 Å². The second-order valence-corrected chi connectivity index (χ2v) is 6.14. The highest BCUT2D eigenvalue weighted by molar-refractivity contribution is 5.95. The van der Waals surface area contributed by atoms with Gasteiger partial charge >= 0.3 is 0 Å². The van der Waals surface area contributed by atoms with Crippen molar-refractivity contribution < 1.29 is 4.79 Å². The monoisotopic (exact) mass is 317 g/mol. The number of aromatic amines is 1. The number of H-pyrrole nitrogens is 1. The molecule has 0 aliphatic heterocycles. The largest absolute Gasteiger partial charge is 0.342 e. The number of nitrogens with zero attached hydrogens (tertiary/aromatic N) is 3. The van der Waals surface area contributed by atoms with Gasteiger partial charge in [-0.25, -0.2) is 4.98 Å². The van der Waals surface area contributed by atoms with Crippen molar-refractivity contribution >= 4 is 5.91 Å². The molecule has 23 heavy (non-hydrogen) atoms. The molecule has 0 aromatic carbocycles. The third-order valence-electron chi connectivity index (χ3n) is 4.23. The molecule has 1 atom stereocenters. The van der Waals surface area contributed by atoms with Gasteiger partial charge in [-0.15, -0.1) is 0 Å². The quantitative estimate of drug-likeness (QED) is 0.895. The number of carbonyl (C=O) groups is 1. The SMILES string of the molecule is Cc1[nH]c(=O)c(C(=O)N[C@H](c2ncnn2C)C(C)C)c(C)c1C. The molecular weight excluding hydrogens is 294 g/mol. The van der Waals surface area contributed by atoms with Gasteiger partial charge in [0.2, 0.25) is 0 Å². The Balaban J connectivity index is 2.40. The van der Waals surface area contributed by atoms with E-state index in [1.807, 2.05) is 27.7 Å². The van der Waals surface area contributed by atoms with Crippen LogP contribution < -0.4 is 10.9 Å². The summed E-state index contributed by atoms with van der Waals surface area (Å²) in [5.74, 6) is 0.368. The van der Waals surface area contributed by atoms with Gasteiger partial charge in [0, 0.05) is 12.7 Å². The molecular formula is C16H23N5O2. The lowest BCUT2D eigenvalue weighted by atomic mass is 10.0. The minimum atomic E-state index is -0.395. The van der Waals surface area contributed by atoms with E-state index in [1.165, 1.54) is 6.33 Å². The van der Waals surface area contributed by atoms with Gasteiger partial charge in [-0.1, -0.05) is 13.8 Å². The van der Waals surface area contributed by atoms with Crippen molar-refractivity contribution in [2.75, 3.05) is 0 Å². The number of aromatic nitrogens is 4. The molecule has 2 aromatic rings. The predicted molar refractivity (Wildman–Crippen MR) is 87.3 cm³/mol. The average Bonchev–Trinajstić information content (AvgIpc) is 2.88. The molecule has 124 valence electrons. The van der Waals surface area contributed by atoms with Gasteiger partial charge in [0.05, 0.1) is 6.04 Å². The standard InChI is InChI=1S/C16H23N5O2/c1-8(2)13(14-17-7-18-21(14)6)20-16(23)12-10(4)9(3)11(5)19-15(12)22/h7-8,13H,1-6H3,(H,19,22)(H,20,23)/t13-/m0/s1. The fraction of sp³-hybridized carbons (Fsp3) is 0.500. The molecule has 0 aliphatic carbocycles. The van der Waals surface area contributed by atoms with Crippen LogP contribution in [0.25, 0.3) is 0 Å². The van der Waals surface area contributed by atoms with E-state index in [0.29, 0.717) is 11.4 Å². The van der Waals surface area contributed by atoms with Crippen LogP contribution in [0.1, 0.15) is 52.9 Å². The van der Waals surface area contributed by atoms with Crippen LogP contribution in [0.2, 0.25) is 0 Å². The Kier molecular flexibility index (Phi) is 4.68. The van der Waals surface area contributed by atoms with Gasteiger partial charge in [-0.2, -0.15) is 5.10 Å². The summed E-state index contributed by atoms with van der Waals surface area (Å²) in [6, 6.07) is -0.324. The summed E-state index contributed by atoms with van der Waals surface area (Å²) in [4.78, 5) is 31.8. The number of carbonyl (C=O) groups excluding carboxylic acids is 1. The molecule has 0 saturated heterocycles. The smallest absolute Gasteiger partial charge is 0.261 e. The van der Waals surface area contributed by atoms with E-state index in [4.69, 9.17) is 0 Å². The molecule has 0 bridgehead atoms. The molecule has 0 unspecified atom stereocenters. The van der Waals surface area contributed by atoms with Crippen molar-refractivity contribution in [2.45, 2.75) is 40.7 Å². The molecule has 7 heteroatoms. The predicted octanol–water partition coefficient (Wildman–Crippen LogP) is 1.56. The second-order valence-electron chi connectivity index (χ2n) is 6.14. The Labute approximate surface area is 135 Å². The number of nitrogens with one attached hydrogen (secondary N) is 2. The van der Waals surface area contributed by atoms with E-state index in [1.54, 1.807) is 18.7 Å². The Hall–Kier alpha value is -2.44. The summed E-state index contributed by atoms with van der Waals surface area (Å²) in [5.41, 5.74) is 2.17. The lowest BCUT2D eigenvalue weighted by molar-refractivity contribution is 0.0919. The van der Waals surface area contributed by atoms with E-state index >= 15 is 0 Å². The molecule has 0 aliphatic rings. The maximum absolute atomic E-state index is 12.7. The van der Waals surface area contributed by atoms with Crippen LogP contribution in [0, 0.1) is 26.7 Å². The number of pyridine rings is 1. The third-order valence-corrected chi connectivity index (χ3v) is 4.23. The van der Waals surface area contributed by atoms with E-state index in [9.17, 15) is 9.59 Å². The number of hydrogen-bond acceptors (Lipinski definition) is 4. The fourth-order valence-electron chi connectivity index (χ4n) is 2.57. The first kappa shape index (κ1) is 16.9. The Morgan fingerprint density at radius 2 is 1.91 bits per heavy atom. The van der Waals surface area contributed by atoms with Gasteiger partial charge in [-0.3, -0.25) is 14.3 Å². The maximum Gasteiger partial charge on any atom is 0.261 e. The van der Waals surface area contributed by atoms with Crippen molar-refractivity contribution in [3.05, 3.63) is 44.9 Å². The normalized spacial score (nSPS) is 12.5. The fourth-order valence-corrected chi connectivity index (χ4v) is 2.57. The lowest BCUT2D eigenvalue weighted by Crippen LogP contribution is -2.37. The summed E-state index contributed by atoms with van der Waals surface area (Å²) in [6.07, 6.45) is 1.45. The molecule has 2 rings (SSSR count). The molecule has 7 nitrogen and oxygen atoms in total. The van der Waals surface area contributed by atoms with Crippen molar-refractivity contribution in [2.24, 2.45) is 13.0 Å². The first-order valence-electron chi connectivity index (χ1n) is 7.58. The molecule has 2 aromatic heterocycles. The second kappa shape index (κ2) is 6.36.